The number of halogens is 1. The van der Waals surface area contributed by atoms with Gasteiger partial charge in [-0.15, -0.1) is 0 Å². The molecule has 2 heterocycles. The van der Waals surface area contributed by atoms with Crippen molar-refractivity contribution in [3.63, 3.8) is 0 Å². The van der Waals surface area contributed by atoms with Gasteiger partial charge in [0.25, 0.3) is 11.5 Å². The van der Waals surface area contributed by atoms with Gasteiger partial charge in [0.15, 0.2) is 23.9 Å². The van der Waals surface area contributed by atoms with Gasteiger partial charge in [-0.1, -0.05) is 48.5 Å². The highest BCUT2D eigenvalue weighted by Crippen LogP contribution is 2.34. The molecule has 0 aliphatic rings. The molecule has 0 radical (unpaired) electrons. The first kappa shape index (κ1) is 28.2. The van der Waals surface area contributed by atoms with Crippen LogP contribution in [-0.4, -0.2) is 35.5 Å². The Hall–Kier alpha value is -4.97. The fourth-order valence-electron chi connectivity index (χ4n) is 4.60. The van der Waals surface area contributed by atoms with Crippen LogP contribution in [0.15, 0.2) is 105 Å². The Bertz CT molecular complexity index is 2050. The van der Waals surface area contributed by atoms with Crippen molar-refractivity contribution in [2.45, 2.75) is 6.92 Å². The summed E-state index contributed by atoms with van der Waals surface area (Å²) in [5.74, 6) is 1.24. The number of methoxy groups -OCH3 is 1. The number of nitrogens with one attached hydrogen (secondary N) is 1. The van der Waals surface area contributed by atoms with E-state index in [9.17, 15) is 9.59 Å². The van der Waals surface area contributed by atoms with Crippen LogP contribution in [0.4, 0.5) is 5.69 Å². The van der Waals surface area contributed by atoms with Crippen molar-refractivity contribution in [2.24, 2.45) is 5.10 Å². The molecular weight excluding hydrogens is 659 g/mol. The third kappa shape index (κ3) is 5.86. The van der Waals surface area contributed by atoms with Crippen LogP contribution in [0.5, 0.6) is 11.5 Å². The third-order valence-corrected chi connectivity index (χ3v) is 7.54. The maximum absolute atomic E-state index is 13.6. The monoisotopic (exact) mass is 684 g/mol. The van der Waals surface area contributed by atoms with E-state index in [4.69, 9.17) is 18.9 Å². The standard InChI is InChI=1S/C33H25IN4O5/c1-20-9-3-6-12-25(20)36-30(39)19-42-31-24(34)15-21(16-28(31)41-2)18-35-38-32(29-17-22-10-4-8-14-27(22)43-29)37-26-13-7-5-11-23(26)33(38)40/h3-18H,19H2,1-2H3,(H,36,39). The molecule has 0 bridgehead atoms. The topological polar surface area (TPSA) is 108 Å². The summed E-state index contributed by atoms with van der Waals surface area (Å²) in [5.41, 5.74) is 3.21. The number of nitrogens with zero attached hydrogens (tertiary/aromatic N) is 3. The van der Waals surface area contributed by atoms with E-state index < -0.39 is 0 Å². The van der Waals surface area contributed by atoms with Gasteiger partial charge in [-0.2, -0.15) is 9.78 Å². The molecule has 43 heavy (non-hydrogen) atoms. The Balaban J connectivity index is 1.31. The molecule has 0 saturated carbocycles. The summed E-state index contributed by atoms with van der Waals surface area (Å²) in [6, 6.07) is 27.6. The van der Waals surface area contributed by atoms with Crippen molar-refractivity contribution < 1.29 is 18.7 Å². The number of fused-ring (bicyclic) bond motifs is 2. The van der Waals surface area contributed by atoms with Crippen LogP contribution >= 0.6 is 22.6 Å². The summed E-state index contributed by atoms with van der Waals surface area (Å²) >= 11 is 2.11. The molecule has 6 aromatic rings. The second kappa shape index (κ2) is 12.1. The number of ether oxygens (including phenoxy) is 2. The van der Waals surface area contributed by atoms with E-state index >= 15 is 0 Å². The average Bonchev–Trinajstić information content (AvgIpc) is 3.45. The molecule has 0 unspecified atom stereocenters. The first-order valence-electron chi connectivity index (χ1n) is 13.3. The van der Waals surface area contributed by atoms with E-state index in [1.165, 1.54) is 11.8 Å². The molecule has 0 atom stereocenters. The summed E-state index contributed by atoms with van der Waals surface area (Å²) in [4.78, 5) is 30.9. The Morgan fingerprint density at radius 2 is 1.81 bits per heavy atom. The highest BCUT2D eigenvalue weighted by Gasteiger charge is 2.17. The smallest absolute Gasteiger partial charge is 0.282 e. The summed E-state index contributed by atoms with van der Waals surface area (Å²) in [6.07, 6.45) is 1.54. The van der Waals surface area contributed by atoms with Crippen LogP contribution in [0.2, 0.25) is 0 Å². The van der Waals surface area contributed by atoms with Gasteiger partial charge in [-0.3, -0.25) is 9.59 Å². The molecular formula is C33H25IN4O5. The van der Waals surface area contributed by atoms with E-state index in [1.807, 2.05) is 73.7 Å². The molecule has 214 valence electrons. The maximum atomic E-state index is 13.6. The van der Waals surface area contributed by atoms with Crippen molar-refractivity contribution in [2.75, 3.05) is 19.0 Å². The number of hydrogen-bond donors (Lipinski definition) is 1. The van der Waals surface area contributed by atoms with Crippen LogP contribution < -0.4 is 20.3 Å². The maximum Gasteiger partial charge on any atom is 0.282 e. The van der Waals surface area contributed by atoms with Gasteiger partial charge in [-0.05, 0) is 83.1 Å². The minimum atomic E-state index is -0.335. The molecule has 6 rings (SSSR count). The van der Waals surface area contributed by atoms with Gasteiger partial charge in [-0.25, -0.2) is 4.98 Å². The van der Waals surface area contributed by atoms with Crippen LogP contribution in [0.25, 0.3) is 33.5 Å². The van der Waals surface area contributed by atoms with Gasteiger partial charge in [0.2, 0.25) is 5.82 Å². The zero-order valence-electron chi connectivity index (χ0n) is 23.2. The Morgan fingerprint density at radius 3 is 2.63 bits per heavy atom. The molecule has 0 saturated heterocycles. The number of benzene rings is 4. The minimum Gasteiger partial charge on any atom is -0.493 e. The van der Waals surface area contributed by atoms with Crippen molar-refractivity contribution in [1.29, 1.82) is 0 Å². The van der Waals surface area contributed by atoms with Crippen molar-refractivity contribution in [3.05, 3.63) is 116 Å². The van der Waals surface area contributed by atoms with Crippen molar-refractivity contribution >= 4 is 62.3 Å². The molecule has 0 aliphatic carbocycles. The number of anilines is 1. The quantitative estimate of drug-likeness (QED) is 0.143. The first-order chi connectivity index (χ1) is 20.9. The summed E-state index contributed by atoms with van der Waals surface area (Å²) in [6.45, 7) is 1.72. The number of aryl methyl sites for hydroxylation is 1. The lowest BCUT2D eigenvalue weighted by Gasteiger charge is -2.14. The number of rotatable bonds is 8. The Labute approximate surface area is 259 Å². The van der Waals surface area contributed by atoms with Gasteiger partial charge in [0.05, 0.1) is 27.8 Å². The second-order valence-electron chi connectivity index (χ2n) is 9.65. The Morgan fingerprint density at radius 1 is 1.05 bits per heavy atom. The molecule has 4 aromatic carbocycles. The summed E-state index contributed by atoms with van der Waals surface area (Å²) < 4.78 is 19.4. The highest BCUT2D eigenvalue weighted by atomic mass is 127. The third-order valence-electron chi connectivity index (χ3n) is 6.74. The van der Waals surface area contributed by atoms with Gasteiger partial charge >= 0.3 is 0 Å². The van der Waals surface area contributed by atoms with E-state index in [1.54, 1.807) is 30.5 Å². The summed E-state index contributed by atoms with van der Waals surface area (Å²) in [7, 11) is 1.52. The highest BCUT2D eigenvalue weighted by molar-refractivity contribution is 14.1. The number of amides is 1. The lowest BCUT2D eigenvalue weighted by molar-refractivity contribution is -0.118. The molecule has 0 fully saturated rings. The average molecular weight is 684 g/mol. The minimum absolute atomic E-state index is 0.201. The van der Waals surface area contributed by atoms with E-state index in [0.29, 0.717) is 42.9 Å². The largest absolute Gasteiger partial charge is 0.493 e. The number of para-hydroxylation sites is 3. The molecule has 1 N–H and O–H groups in total. The predicted octanol–water partition coefficient (Wildman–Crippen LogP) is 6.63. The number of aromatic nitrogens is 2. The van der Waals surface area contributed by atoms with Crippen molar-refractivity contribution in [1.82, 2.24) is 9.66 Å². The van der Waals surface area contributed by atoms with Crippen LogP contribution in [0.3, 0.4) is 0 Å². The SMILES string of the molecule is COc1cc(C=Nn2c(-c3cc4ccccc4o3)nc3ccccc3c2=O)cc(I)c1OCC(=O)Nc1ccccc1C. The van der Waals surface area contributed by atoms with E-state index in [0.717, 1.165) is 16.6 Å². The zero-order valence-corrected chi connectivity index (χ0v) is 25.4. The summed E-state index contributed by atoms with van der Waals surface area (Å²) in [5, 5.41) is 8.72. The molecule has 0 spiro atoms. The van der Waals surface area contributed by atoms with Gasteiger partial charge in [0, 0.05) is 11.1 Å². The van der Waals surface area contributed by atoms with Crippen LogP contribution in [0, 0.1) is 10.5 Å². The fourth-order valence-corrected chi connectivity index (χ4v) is 5.38. The molecule has 10 heteroatoms. The van der Waals surface area contributed by atoms with Crippen molar-refractivity contribution in [3.8, 4) is 23.1 Å². The lowest BCUT2D eigenvalue weighted by Crippen LogP contribution is -2.21. The molecule has 1 amide bonds. The molecule has 9 nitrogen and oxygen atoms in total. The van der Waals surface area contributed by atoms with Gasteiger partial charge < -0.3 is 19.2 Å². The second-order valence-corrected chi connectivity index (χ2v) is 10.8. The first-order valence-corrected chi connectivity index (χ1v) is 14.4. The zero-order chi connectivity index (χ0) is 29.9. The molecule has 2 aromatic heterocycles. The predicted molar refractivity (Wildman–Crippen MR) is 175 cm³/mol. The van der Waals surface area contributed by atoms with E-state index in [2.05, 4.69) is 33.0 Å². The number of furan rings is 1. The Kier molecular flexibility index (Phi) is 7.93. The van der Waals surface area contributed by atoms with Crippen LogP contribution in [0.1, 0.15) is 11.1 Å². The van der Waals surface area contributed by atoms with Crippen LogP contribution in [-0.2, 0) is 4.79 Å². The fraction of sp³-hybridized carbons (Fsp3) is 0.0909. The van der Waals surface area contributed by atoms with Gasteiger partial charge in [0.1, 0.15) is 5.58 Å². The molecule has 0 aliphatic heterocycles. The number of carbonyl (C=O) groups excluding carboxylic acids is 1. The lowest BCUT2D eigenvalue weighted by atomic mass is 10.2. The normalized spacial score (nSPS) is 11.3. The van der Waals surface area contributed by atoms with E-state index in [-0.39, 0.29) is 23.9 Å². The number of hydrogen-bond acceptors (Lipinski definition) is 7. The number of carbonyl (C=O) groups is 1.